The second-order valence-electron chi connectivity index (χ2n) is 7.56. The van der Waals surface area contributed by atoms with E-state index in [1.54, 1.807) is 0 Å². The quantitative estimate of drug-likeness (QED) is 0.786. The molecule has 0 aromatic carbocycles. The molecule has 0 aromatic rings. The Morgan fingerprint density at radius 2 is 1.65 bits per heavy atom. The van der Waals surface area contributed by atoms with Crippen LogP contribution in [0.25, 0.3) is 0 Å². The van der Waals surface area contributed by atoms with Crippen LogP contribution in [0.2, 0.25) is 0 Å². The third-order valence-corrected chi connectivity index (χ3v) is 5.76. The summed E-state index contributed by atoms with van der Waals surface area (Å²) in [5.74, 6) is 1.72. The Morgan fingerprint density at radius 3 is 2.26 bits per heavy atom. The molecule has 0 radical (unpaired) electrons. The van der Waals surface area contributed by atoms with Crippen LogP contribution in [0.1, 0.15) is 51.4 Å². The summed E-state index contributed by atoms with van der Waals surface area (Å²) in [5, 5.41) is 6.81. The molecule has 136 valence electrons. The summed E-state index contributed by atoms with van der Waals surface area (Å²) in [6.07, 6.45) is 9.56. The predicted molar refractivity (Wildman–Crippen MR) is 99.6 cm³/mol. The number of carbonyl (C=O) groups is 1. The molecule has 3 aliphatic heterocycles. The van der Waals surface area contributed by atoms with Gasteiger partial charge in [-0.25, -0.2) is 0 Å². The van der Waals surface area contributed by atoms with Crippen LogP contribution in [0.5, 0.6) is 0 Å². The number of fused-ring (bicyclic) bond motifs is 2. The monoisotopic (exact) mass is 365 g/mol. The van der Waals surface area contributed by atoms with Crippen LogP contribution in [-0.2, 0) is 4.79 Å². The highest BCUT2D eigenvalue weighted by molar-refractivity contribution is 5.85. The van der Waals surface area contributed by atoms with Gasteiger partial charge in [0.05, 0.1) is 0 Å². The molecule has 0 saturated carbocycles. The van der Waals surface area contributed by atoms with E-state index < -0.39 is 0 Å². The van der Waals surface area contributed by atoms with Crippen molar-refractivity contribution in [1.82, 2.24) is 15.5 Å². The topological polar surface area (TPSA) is 44.4 Å². The van der Waals surface area contributed by atoms with Gasteiger partial charge in [-0.15, -0.1) is 24.8 Å². The van der Waals surface area contributed by atoms with Gasteiger partial charge >= 0.3 is 0 Å². The molecule has 3 saturated heterocycles. The summed E-state index contributed by atoms with van der Waals surface area (Å²) in [5.41, 5.74) is 0. The van der Waals surface area contributed by atoms with Crippen molar-refractivity contribution >= 4 is 30.7 Å². The van der Waals surface area contributed by atoms with E-state index in [0.29, 0.717) is 18.0 Å². The minimum absolute atomic E-state index is 0. The summed E-state index contributed by atoms with van der Waals surface area (Å²) >= 11 is 0. The normalized spacial score (nSPS) is 31.1. The molecule has 0 spiro atoms. The maximum atomic E-state index is 12.1. The van der Waals surface area contributed by atoms with E-state index in [0.717, 1.165) is 25.3 Å². The average molecular weight is 366 g/mol. The number of amides is 1. The Bertz CT molecular complexity index is 350. The van der Waals surface area contributed by atoms with Gasteiger partial charge in [0.2, 0.25) is 5.91 Å². The number of hydrogen-bond donors (Lipinski definition) is 2. The number of halogens is 2. The molecular formula is C17H33Cl2N3O. The lowest BCUT2D eigenvalue weighted by Crippen LogP contribution is -2.40. The van der Waals surface area contributed by atoms with Crippen molar-refractivity contribution in [3.05, 3.63) is 0 Å². The zero-order chi connectivity index (χ0) is 14.7. The van der Waals surface area contributed by atoms with Crippen LogP contribution in [0.15, 0.2) is 0 Å². The van der Waals surface area contributed by atoms with Crippen molar-refractivity contribution in [3.8, 4) is 0 Å². The standard InChI is InChI=1S/C17H31N3O.2ClH/c1-20-8-5-13(6-9-20)4-7-18-17(21)12-14-10-15-2-3-16(11-14)19-15;;/h13-16,19H,2-12H2,1H3,(H,18,21);2*1H. The molecular weight excluding hydrogens is 333 g/mol. The Labute approximate surface area is 153 Å². The second kappa shape index (κ2) is 10.1. The summed E-state index contributed by atoms with van der Waals surface area (Å²) in [4.78, 5) is 14.5. The van der Waals surface area contributed by atoms with Crippen LogP contribution in [0.3, 0.4) is 0 Å². The first-order valence-electron chi connectivity index (χ1n) is 8.90. The highest BCUT2D eigenvalue weighted by Crippen LogP contribution is 2.32. The maximum Gasteiger partial charge on any atom is 0.220 e. The highest BCUT2D eigenvalue weighted by atomic mass is 35.5. The zero-order valence-corrected chi connectivity index (χ0v) is 15.9. The number of nitrogens with zero attached hydrogens (tertiary/aromatic N) is 1. The van der Waals surface area contributed by atoms with E-state index >= 15 is 0 Å². The molecule has 2 N–H and O–H groups in total. The molecule has 2 bridgehead atoms. The van der Waals surface area contributed by atoms with E-state index in [9.17, 15) is 4.79 Å². The number of rotatable bonds is 5. The first-order valence-corrected chi connectivity index (χ1v) is 8.90. The largest absolute Gasteiger partial charge is 0.356 e. The van der Waals surface area contributed by atoms with Gasteiger partial charge < -0.3 is 15.5 Å². The molecule has 1 amide bonds. The van der Waals surface area contributed by atoms with E-state index in [1.807, 2.05) is 0 Å². The van der Waals surface area contributed by atoms with Crippen LogP contribution < -0.4 is 10.6 Å². The molecule has 3 fully saturated rings. The predicted octanol–water partition coefficient (Wildman–Crippen LogP) is 2.60. The minimum Gasteiger partial charge on any atom is -0.356 e. The van der Waals surface area contributed by atoms with Crippen molar-refractivity contribution in [2.75, 3.05) is 26.7 Å². The fraction of sp³-hybridized carbons (Fsp3) is 0.941. The van der Waals surface area contributed by atoms with Crippen molar-refractivity contribution in [2.24, 2.45) is 11.8 Å². The van der Waals surface area contributed by atoms with Gasteiger partial charge in [0, 0.05) is 25.0 Å². The van der Waals surface area contributed by atoms with Gasteiger partial charge in [0.1, 0.15) is 0 Å². The number of nitrogens with one attached hydrogen (secondary N) is 2. The molecule has 0 aliphatic carbocycles. The van der Waals surface area contributed by atoms with Crippen LogP contribution in [0.4, 0.5) is 0 Å². The number of hydrogen-bond acceptors (Lipinski definition) is 3. The van der Waals surface area contributed by atoms with E-state index in [2.05, 4.69) is 22.6 Å². The molecule has 23 heavy (non-hydrogen) atoms. The Hall–Kier alpha value is -0.0300. The number of carbonyl (C=O) groups excluding carboxylic acids is 1. The van der Waals surface area contributed by atoms with Gasteiger partial charge in [-0.2, -0.15) is 0 Å². The summed E-state index contributed by atoms with van der Waals surface area (Å²) in [6, 6.07) is 1.39. The molecule has 2 unspecified atom stereocenters. The molecule has 3 aliphatic rings. The second-order valence-corrected chi connectivity index (χ2v) is 7.56. The lowest BCUT2D eigenvalue weighted by molar-refractivity contribution is -0.122. The minimum atomic E-state index is 0. The highest BCUT2D eigenvalue weighted by Gasteiger charge is 2.34. The van der Waals surface area contributed by atoms with Crippen molar-refractivity contribution in [3.63, 3.8) is 0 Å². The molecule has 3 heterocycles. The smallest absolute Gasteiger partial charge is 0.220 e. The summed E-state index contributed by atoms with van der Waals surface area (Å²) in [6.45, 7) is 3.32. The number of likely N-dealkylation sites (tertiary alicyclic amines) is 1. The van der Waals surface area contributed by atoms with Crippen LogP contribution >= 0.6 is 24.8 Å². The number of piperidine rings is 2. The van der Waals surface area contributed by atoms with E-state index in [-0.39, 0.29) is 30.7 Å². The molecule has 2 atom stereocenters. The maximum absolute atomic E-state index is 12.1. The van der Waals surface area contributed by atoms with Crippen LogP contribution in [0, 0.1) is 11.8 Å². The summed E-state index contributed by atoms with van der Waals surface area (Å²) in [7, 11) is 2.20. The Balaban J connectivity index is 0.00000132. The van der Waals surface area contributed by atoms with Gasteiger partial charge in [-0.3, -0.25) is 4.79 Å². The fourth-order valence-electron chi connectivity index (χ4n) is 4.44. The lowest BCUT2D eigenvalue weighted by atomic mass is 9.89. The van der Waals surface area contributed by atoms with E-state index in [4.69, 9.17) is 0 Å². The molecule has 6 heteroatoms. The first kappa shape index (κ1) is 21.0. The third kappa shape index (κ3) is 6.41. The Morgan fingerprint density at radius 1 is 1.04 bits per heavy atom. The SMILES string of the molecule is CN1CCC(CCNC(=O)CC2CC3CCC(C2)N3)CC1.Cl.Cl. The average Bonchev–Trinajstić information content (AvgIpc) is 2.80. The zero-order valence-electron chi connectivity index (χ0n) is 14.3. The van der Waals surface area contributed by atoms with Crippen molar-refractivity contribution in [1.29, 1.82) is 0 Å². The molecule has 4 nitrogen and oxygen atoms in total. The third-order valence-electron chi connectivity index (χ3n) is 5.76. The van der Waals surface area contributed by atoms with Gasteiger partial charge in [0.15, 0.2) is 0 Å². The van der Waals surface area contributed by atoms with Crippen LogP contribution in [-0.4, -0.2) is 49.6 Å². The fourth-order valence-corrected chi connectivity index (χ4v) is 4.44. The first-order chi connectivity index (χ1) is 10.2. The lowest BCUT2D eigenvalue weighted by Gasteiger charge is -2.29. The van der Waals surface area contributed by atoms with Gasteiger partial charge in [-0.1, -0.05) is 0 Å². The van der Waals surface area contributed by atoms with Gasteiger partial charge in [0.25, 0.3) is 0 Å². The Kier molecular flexibility index (Phi) is 9.20. The summed E-state index contributed by atoms with van der Waals surface area (Å²) < 4.78 is 0. The molecule has 3 rings (SSSR count). The molecule has 0 aromatic heterocycles. The van der Waals surface area contributed by atoms with Gasteiger partial charge in [-0.05, 0) is 76.9 Å². The van der Waals surface area contributed by atoms with Crippen molar-refractivity contribution in [2.45, 2.75) is 63.5 Å². The van der Waals surface area contributed by atoms with E-state index in [1.165, 1.54) is 51.6 Å². The van der Waals surface area contributed by atoms with Crippen molar-refractivity contribution < 1.29 is 4.79 Å².